The van der Waals surface area contributed by atoms with E-state index in [1.807, 2.05) is 31.2 Å². The van der Waals surface area contributed by atoms with Crippen molar-refractivity contribution in [1.82, 2.24) is 10.6 Å². The van der Waals surface area contributed by atoms with Crippen LogP contribution in [0.1, 0.15) is 15.9 Å². The highest BCUT2D eigenvalue weighted by Crippen LogP contribution is 2.08. The van der Waals surface area contributed by atoms with E-state index in [-0.39, 0.29) is 5.78 Å². The molecule has 80 valence electrons. The molecule has 0 bridgehead atoms. The lowest BCUT2D eigenvalue weighted by molar-refractivity contribution is 0.104. The molecule has 1 rings (SSSR count). The van der Waals surface area contributed by atoms with Gasteiger partial charge in [0.15, 0.2) is 5.78 Å². The topological polar surface area (TPSA) is 41.1 Å². The first-order valence-corrected chi connectivity index (χ1v) is 4.86. The Kier molecular flexibility index (Phi) is 3.92. The lowest BCUT2D eigenvalue weighted by Crippen LogP contribution is -2.20. The van der Waals surface area contributed by atoms with Crippen molar-refractivity contribution in [2.45, 2.75) is 6.92 Å². The first-order chi connectivity index (χ1) is 7.19. The predicted octanol–water partition coefficient (Wildman–Crippen LogP) is 1.46. The molecule has 0 heterocycles. The van der Waals surface area contributed by atoms with Gasteiger partial charge in [-0.25, -0.2) is 0 Å². The Bertz CT molecular complexity index is 377. The fraction of sp³-hybridized carbons (Fsp3) is 0.250. The quantitative estimate of drug-likeness (QED) is 0.576. The van der Waals surface area contributed by atoms with Gasteiger partial charge in [0.1, 0.15) is 5.82 Å². The Morgan fingerprint density at radius 3 is 2.33 bits per heavy atom. The minimum Gasteiger partial charge on any atom is -0.375 e. The van der Waals surface area contributed by atoms with Gasteiger partial charge in [0.25, 0.3) is 0 Å². The second-order valence-electron chi connectivity index (χ2n) is 3.24. The van der Waals surface area contributed by atoms with Crippen LogP contribution in [-0.2, 0) is 0 Å². The summed E-state index contributed by atoms with van der Waals surface area (Å²) >= 11 is 0. The van der Waals surface area contributed by atoms with E-state index in [0.717, 1.165) is 11.1 Å². The van der Waals surface area contributed by atoms with E-state index in [2.05, 4.69) is 10.6 Å². The fourth-order valence-corrected chi connectivity index (χ4v) is 1.33. The molecule has 15 heavy (non-hydrogen) atoms. The Labute approximate surface area is 90.2 Å². The maximum atomic E-state index is 11.8. The largest absolute Gasteiger partial charge is 0.375 e. The molecule has 0 aromatic heterocycles. The van der Waals surface area contributed by atoms with Crippen LogP contribution in [0, 0.1) is 6.92 Å². The summed E-state index contributed by atoms with van der Waals surface area (Å²) in [6.07, 6.45) is 1.56. The number of benzene rings is 1. The van der Waals surface area contributed by atoms with Crippen molar-refractivity contribution < 1.29 is 4.79 Å². The third-order valence-corrected chi connectivity index (χ3v) is 2.22. The smallest absolute Gasteiger partial charge is 0.189 e. The summed E-state index contributed by atoms with van der Waals surface area (Å²) in [7, 11) is 3.54. The summed E-state index contributed by atoms with van der Waals surface area (Å²) in [5.74, 6) is 0.718. The maximum absolute atomic E-state index is 11.8. The number of rotatable bonds is 4. The zero-order valence-corrected chi connectivity index (χ0v) is 9.29. The van der Waals surface area contributed by atoms with Crippen LogP contribution in [0.15, 0.2) is 36.2 Å². The minimum atomic E-state index is 0.00630. The molecule has 0 radical (unpaired) electrons. The number of carbonyl (C=O) groups is 1. The van der Waals surface area contributed by atoms with Crippen LogP contribution < -0.4 is 10.6 Å². The standard InChI is InChI=1S/C12H16N2O/c1-9-6-4-5-7-10(9)11(15)8-12(13-2)14-3/h4-8,13-14H,1-3H3. The molecule has 0 aliphatic heterocycles. The van der Waals surface area contributed by atoms with Crippen LogP contribution >= 0.6 is 0 Å². The SMILES string of the molecule is CNC(=CC(=O)c1ccccc1C)NC. The van der Waals surface area contributed by atoms with Crippen molar-refractivity contribution in [3.05, 3.63) is 47.3 Å². The number of allylic oxidation sites excluding steroid dienone is 1. The number of hydrogen-bond acceptors (Lipinski definition) is 3. The average Bonchev–Trinajstić information content (AvgIpc) is 2.26. The molecule has 0 spiro atoms. The molecule has 0 saturated carbocycles. The van der Waals surface area contributed by atoms with E-state index in [0.29, 0.717) is 5.82 Å². The predicted molar refractivity (Wildman–Crippen MR) is 61.7 cm³/mol. The number of nitrogens with one attached hydrogen (secondary N) is 2. The molecule has 1 aromatic carbocycles. The van der Waals surface area contributed by atoms with Crippen molar-refractivity contribution in [3.63, 3.8) is 0 Å². The second kappa shape index (κ2) is 5.20. The van der Waals surface area contributed by atoms with Gasteiger partial charge in [-0.1, -0.05) is 24.3 Å². The summed E-state index contributed by atoms with van der Waals surface area (Å²) in [6, 6.07) is 7.55. The van der Waals surface area contributed by atoms with Crippen LogP contribution in [0.4, 0.5) is 0 Å². The van der Waals surface area contributed by atoms with Crippen molar-refractivity contribution in [3.8, 4) is 0 Å². The van der Waals surface area contributed by atoms with E-state index in [4.69, 9.17) is 0 Å². The average molecular weight is 204 g/mol. The molecule has 0 saturated heterocycles. The van der Waals surface area contributed by atoms with E-state index in [9.17, 15) is 4.79 Å². The normalized spacial score (nSPS) is 9.27. The van der Waals surface area contributed by atoms with E-state index >= 15 is 0 Å². The van der Waals surface area contributed by atoms with Crippen molar-refractivity contribution in [2.24, 2.45) is 0 Å². The fourth-order valence-electron chi connectivity index (χ4n) is 1.33. The lowest BCUT2D eigenvalue weighted by atomic mass is 10.0. The van der Waals surface area contributed by atoms with Gasteiger partial charge >= 0.3 is 0 Å². The van der Waals surface area contributed by atoms with Crippen molar-refractivity contribution >= 4 is 5.78 Å². The van der Waals surface area contributed by atoms with Crippen molar-refractivity contribution in [1.29, 1.82) is 0 Å². The molecular weight excluding hydrogens is 188 g/mol. The summed E-state index contributed by atoms with van der Waals surface area (Å²) in [6.45, 7) is 1.93. The molecule has 0 amide bonds. The Hall–Kier alpha value is -1.77. The Morgan fingerprint density at radius 2 is 1.80 bits per heavy atom. The molecule has 2 N–H and O–H groups in total. The van der Waals surface area contributed by atoms with E-state index < -0.39 is 0 Å². The molecular formula is C12H16N2O. The van der Waals surface area contributed by atoms with Gasteiger partial charge < -0.3 is 10.6 Å². The third kappa shape index (κ3) is 2.84. The van der Waals surface area contributed by atoms with Gasteiger partial charge in [0.05, 0.1) is 0 Å². The maximum Gasteiger partial charge on any atom is 0.189 e. The zero-order valence-electron chi connectivity index (χ0n) is 9.29. The zero-order chi connectivity index (χ0) is 11.3. The first kappa shape index (κ1) is 11.3. The van der Waals surface area contributed by atoms with Crippen molar-refractivity contribution in [2.75, 3.05) is 14.1 Å². The molecule has 0 unspecified atom stereocenters. The lowest BCUT2D eigenvalue weighted by Gasteiger charge is -2.05. The number of aryl methyl sites for hydroxylation is 1. The van der Waals surface area contributed by atoms with Crippen LogP contribution in [0.25, 0.3) is 0 Å². The highest BCUT2D eigenvalue weighted by atomic mass is 16.1. The van der Waals surface area contributed by atoms with E-state index in [1.165, 1.54) is 0 Å². The Morgan fingerprint density at radius 1 is 1.20 bits per heavy atom. The molecule has 0 fully saturated rings. The molecule has 0 aliphatic carbocycles. The van der Waals surface area contributed by atoms with Crippen LogP contribution in [0.2, 0.25) is 0 Å². The monoisotopic (exact) mass is 204 g/mol. The van der Waals surface area contributed by atoms with Gasteiger partial charge in [-0.2, -0.15) is 0 Å². The third-order valence-electron chi connectivity index (χ3n) is 2.22. The number of carbonyl (C=O) groups excluding carboxylic acids is 1. The van der Waals surface area contributed by atoms with Gasteiger partial charge in [-0.05, 0) is 12.5 Å². The Balaban J connectivity index is 2.95. The van der Waals surface area contributed by atoms with Crippen LogP contribution in [-0.4, -0.2) is 19.9 Å². The molecule has 0 aliphatic rings. The van der Waals surface area contributed by atoms with Gasteiger partial charge in [0, 0.05) is 25.7 Å². The van der Waals surface area contributed by atoms with Gasteiger partial charge in [-0.15, -0.1) is 0 Å². The molecule has 1 aromatic rings. The minimum absolute atomic E-state index is 0.00630. The molecule has 0 atom stereocenters. The highest BCUT2D eigenvalue weighted by Gasteiger charge is 2.05. The number of ketones is 1. The van der Waals surface area contributed by atoms with Gasteiger partial charge in [-0.3, -0.25) is 4.79 Å². The summed E-state index contributed by atoms with van der Waals surface area (Å²) < 4.78 is 0. The second-order valence-corrected chi connectivity index (χ2v) is 3.24. The highest BCUT2D eigenvalue weighted by molar-refractivity contribution is 6.05. The van der Waals surface area contributed by atoms with Crippen LogP contribution in [0.5, 0.6) is 0 Å². The number of hydrogen-bond donors (Lipinski definition) is 2. The van der Waals surface area contributed by atoms with Crippen LogP contribution in [0.3, 0.4) is 0 Å². The first-order valence-electron chi connectivity index (χ1n) is 4.86. The summed E-state index contributed by atoms with van der Waals surface area (Å²) in [5.41, 5.74) is 1.73. The molecule has 3 heteroatoms. The van der Waals surface area contributed by atoms with E-state index in [1.54, 1.807) is 20.2 Å². The van der Waals surface area contributed by atoms with Gasteiger partial charge in [0.2, 0.25) is 0 Å². The summed E-state index contributed by atoms with van der Waals surface area (Å²) in [4.78, 5) is 11.8. The molecule has 3 nitrogen and oxygen atoms in total. The summed E-state index contributed by atoms with van der Waals surface area (Å²) in [5, 5.41) is 5.80.